The van der Waals surface area contributed by atoms with E-state index in [1.54, 1.807) is 0 Å². The number of rotatable bonds is 0. The minimum absolute atomic E-state index is 0.448. The summed E-state index contributed by atoms with van der Waals surface area (Å²) in [5.41, 5.74) is 0. The summed E-state index contributed by atoms with van der Waals surface area (Å²) in [7, 11) is 0. The number of carbonyl (C=O) groups excluding carboxylic acids is 1. The summed E-state index contributed by atoms with van der Waals surface area (Å²) in [4.78, 5) is 11.6. The molecule has 2 fully saturated rings. The van der Waals surface area contributed by atoms with Crippen LogP contribution in [0.1, 0.15) is 25.7 Å². The maximum Gasteiger partial charge on any atom is 0.136 e. The van der Waals surface area contributed by atoms with Gasteiger partial charge in [-0.15, -0.1) is 0 Å². The molecule has 0 aliphatic heterocycles. The first-order valence-electron chi connectivity index (χ1n) is 5.05. The van der Waals surface area contributed by atoms with Gasteiger partial charge < -0.3 is 0 Å². The standard InChI is InChI=1S/C11H14O/c12-11-5-4-7-6-10(11)9-3-1-2-8(7)9/h1-2,7-10H,3-6H2/t7-,8-,9-,10+/m1/s1. The highest BCUT2D eigenvalue weighted by molar-refractivity contribution is 5.83. The second-order valence-corrected chi connectivity index (χ2v) is 4.51. The van der Waals surface area contributed by atoms with E-state index in [1.165, 1.54) is 19.3 Å². The zero-order valence-electron chi connectivity index (χ0n) is 7.20. The van der Waals surface area contributed by atoms with Crippen LogP contribution in [0.15, 0.2) is 12.2 Å². The van der Waals surface area contributed by atoms with Crippen molar-refractivity contribution in [1.29, 1.82) is 0 Å². The van der Waals surface area contributed by atoms with Gasteiger partial charge in [-0.1, -0.05) is 12.2 Å². The minimum atomic E-state index is 0.448. The van der Waals surface area contributed by atoms with E-state index in [0.29, 0.717) is 17.6 Å². The molecule has 1 heteroatoms. The maximum absolute atomic E-state index is 11.6. The molecule has 0 unspecified atom stereocenters. The van der Waals surface area contributed by atoms with Crippen LogP contribution in [-0.2, 0) is 4.79 Å². The number of allylic oxidation sites excluding steroid dienone is 2. The van der Waals surface area contributed by atoms with Crippen molar-refractivity contribution in [2.24, 2.45) is 23.7 Å². The van der Waals surface area contributed by atoms with E-state index in [4.69, 9.17) is 0 Å². The summed E-state index contributed by atoms with van der Waals surface area (Å²) in [5, 5.41) is 0. The Morgan fingerprint density at radius 2 is 2.33 bits per heavy atom. The molecule has 0 aromatic rings. The van der Waals surface area contributed by atoms with Crippen LogP contribution in [0.25, 0.3) is 0 Å². The van der Waals surface area contributed by atoms with Crippen LogP contribution in [0.4, 0.5) is 0 Å². The number of Topliss-reactive ketones (excluding diaryl/α,β-unsaturated/α-hetero) is 1. The molecule has 0 amide bonds. The highest BCUT2D eigenvalue weighted by Crippen LogP contribution is 2.52. The zero-order chi connectivity index (χ0) is 8.13. The zero-order valence-corrected chi connectivity index (χ0v) is 7.20. The van der Waals surface area contributed by atoms with E-state index in [2.05, 4.69) is 12.2 Å². The SMILES string of the molecule is O=C1CC[C@@H]2C[C@H]1[C@@H]1CC=C[C@H]21. The number of carbonyl (C=O) groups is 1. The van der Waals surface area contributed by atoms with Crippen LogP contribution < -0.4 is 0 Å². The van der Waals surface area contributed by atoms with Gasteiger partial charge in [0, 0.05) is 12.3 Å². The van der Waals surface area contributed by atoms with Gasteiger partial charge in [0.2, 0.25) is 0 Å². The summed E-state index contributed by atoms with van der Waals surface area (Å²) in [6.07, 6.45) is 9.08. The first kappa shape index (κ1) is 6.88. The van der Waals surface area contributed by atoms with Crippen molar-refractivity contribution in [3.05, 3.63) is 12.2 Å². The second-order valence-electron chi connectivity index (χ2n) is 4.51. The lowest BCUT2D eigenvalue weighted by Crippen LogP contribution is -2.20. The van der Waals surface area contributed by atoms with Crippen LogP contribution in [0.2, 0.25) is 0 Å². The first-order chi connectivity index (χ1) is 5.86. The van der Waals surface area contributed by atoms with E-state index in [1.807, 2.05) is 0 Å². The molecule has 2 saturated carbocycles. The van der Waals surface area contributed by atoms with Gasteiger partial charge in [0.1, 0.15) is 5.78 Å². The van der Waals surface area contributed by atoms with E-state index in [-0.39, 0.29) is 0 Å². The van der Waals surface area contributed by atoms with Crippen LogP contribution >= 0.6 is 0 Å². The Morgan fingerprint density at radius 3 is 3.25 bits per heavy atom. The molecule has 3 rings (SSSR count). The van der Waals surface area contributed by atoms with E-state index in [9.17, 15) is 4.79 Å². The molecule has 0 N–H and O–H groups in total. The molecule has 3 aliphatic rings. The monoisotopic (exact) mass is 162 g/mol. The van der Waals surface area contributed by atoms with Crippen molar-refractivity contribution in [3.8, 4) is 0 Å². The summed E-state index contributed by atoms with van der Waals surface area (Å²) in [6.45, 7) is 0. The third kappa shape index (κ3) is 0.720. The van der Waals surface area contributed by atoms with Crippen molar-refractivity contribution in [3.63, 3.8) is 0 Å². The summed E-state index contributed by atoms with van der Waals surface area (Å²) in [5.74, 6) is 3.36. The van der Waals surface area contributed by atoms with Gasteiger partial charge in [-0.05, 0) is 37.0 Å². The lowest BCUT2D eigenvalue weighted by Gasteiger charge is -2.18. The van der Waals surface area contributed by atoms with E-state index in [0.717, 1.165) is 18.3 Å². The quantitative estimate of drug-likeness (QED) is 0.499. The summed E-state index contributed by atoms with van der Waals surface area (Å²) < 4.78 is 0. The molecular weight excluding hydrogens is 148 g/mol. The largest absolute Gasteiger partial charge is 0.299 e. The molecule has 0 aromatic carbocycles. The Labute approximate surface area is 72.8 Å². The van der Waals surface area contributed by atoms with Gasteiger partial charge in [-0.3, -0.25) is 4.79 Å². The van der Waals surface area contributed by atoms with E-state index >= 15 is 0 Å². The molecule has 0 aromatic heterocycles. The smallest absolute Gasteiger partial charge is 0.136 e. The Morgan fingerprint density at radius 1 is 1.42 bits per heavy atom. The van der Waals surface area contributed by atoms with Gasteiger partial charge in [0.05, 0.1) is 0 Å². The predicted octanol–water partition coefficient (Wildman–Crippen LogP) is 2.18. The van der Waals surface area contributed by atoms with Gasteiger partial charge in [0.15, 0.2) is 0 Å². The fraction of sp³-hybridized carbons (Fsp3) is 0.727. The third-order valence-corrected chi connectivity index (χ3v) is 4.05. The normalized spacial score (nSPS) is 49.8. The second kappa shape index (κ2) is 2.21. The number of hydrogen-bond donors (Lipinski definition) is 0. The van der Waals surface area contributed by atoms with Crippen molar-refractivity contribution < 1.29 is 4.79 Å². The molecular formula is C11H14O. The Hall–Kier alpha value is -0.590. The van der Waals surface area contributed by atoms with Gasteiger partial charge in [0.25, 0.3) is 0 Å². The summed E-state index contributed by atoms with van der Waals surface area (Å²) >= 11 is 0. The van der Waals surface area contributed by atoms with Crippen molar-refractivity contribution in [1.82, 2.24) is 0 Å². The molecule has 4 atom stereocenters. The molecule has 0 radical (unpaired) electrons. The average Bonchev–Trinajstić information content (AvgIpc) is 2.59. The molecule has 12 heavy (non-hydrogen) atoms. The lowest BCUT2D eigenvalue weighted by molar-refractivity contribution is -0.125. The highest BCUT2D eigenvalue weighted by Gasteiger charge is 2.48. The number of fused-ring (bicyclic) bond motifs is 5. The molecule has 1 nitrogen and oxygen atoms in total. The maximum atomic E-state index is 11.6. The molecule has 64 valence electrons. The number of ketones is 1. The Balaban J connectivity index is 1.97. The highest BCUT2D eigenvalue weighted by atomic mass is 16.1. The van der Waals surface area contributed by atoms with Crippen molar-refractivity contribution >= 4 is 5.78 Å². The molecule has 0 heterocycles. The third-order valence-electron chi connectivity index (χ3n) is 4.05. The minimum Gasteiger partial charge on any atom is -0.299 e. The Bertz CT molecular complexity index is 254. The fourth-order valence-electron chi connectivity index (χ4n) is 3.48. The topological polar surface area (TPSA) is 17.1 Å². The van der Waals surface area contributed by atoms with Gasteiger partial charge in [-0.25, -0.2) is 0 Å². The van der Waals surface area contributed by atoms with Gasteiger partial charge in [-0.2, -0.15) is 0 Å². The first-order valence-corrected chi connectivity index (χ1v) is 5.05. The molecule has 0 saturated heterocycles. The van der Waals surface area contributed by atoms with E-state index < -0.39 is 0 Å². The molecule has 3 aliphatic carbocycles. The molecule has 2 bridgehead atoms. The van der Waals surface area contributed by atoms with Crippen LogP contribution in [0, 0.1) is 23.7 Å². The average molecular weight is 162 g/mol. The lowest BCUT2D eigenvalue weighted by atomic mass is 9.85. The fourth-order valence-corrected chi connectivity index (χ4v) is 3.48. The predicted molar refractivity (Wildman–Crippen MR) is 46.6 cm³/mol. The van der Waals surface area contributed by atoms with Crippen LogP contribution in [0.3, 0.4) is 0 Å². The molecule has 0 spiro atoms. The van der Waals surface area contributed by atoms with Crippen LogP contribution in [-0.4, -0.2) is 5.78 Å². The van der Waals surface area contributed by atoms with Crippen molar-refractivity contribution in [2.45, 2.75) is 25.7 Å². The number of hydrogen-bond acceptors (Lipinski definition) is 1. The van der Waals surface area contributed by atoms with Gasteiger partial charge >= 0.3 is 0 Å². The van der Waals surface area contributed by atoms with Crippen molar-refractivity contribution in [2.75, 3.05) is 0 Å². The van der Waals surface area contributed by atoms with Crippen LogP contribution in [0.5, 0.6) is 0 Å². The summed E-state index contributed by atoms with van der Waals surface area (Å²) in [6, 6.07) is 0. The Kier molecular flexibility index (Phi) is 1.27.